The minimum Gasteiger partial charge on any atom is -0.240 e. The maximum atomic E-state index is 12.6. The van der Waals surface area contributed by atoms with E-state index in [0.717, 1.165) is 17.8 Å². The fraction of sp³-hybridized carbons (Fsp3) is 0.0714. The fourth-order valence-electron chi connectivity index (χ4n) is 1.91. The Morgan fingerprint density at radius 3 is 2.37 bits per heavy atom. The van der Waals surface area contributed by atoms with Crippen LogP contribution in [0.2, 0.25) is 0 Å². The van der Waals surface area contributed by atoms with Gasteiger partial charge < -0.3 is 0 Å². The average Bonchev–Trinajstić information content (AvgIpc) is 2.81. The molecule has 0 aliphatic heterocycles. The zero-order chi connectivity index (χ0) is 13.5. The van der Waals surface area contributed by atoms with Crippen LogP contribution in [-0.4, -0.2) is 9.78 Å². The summed E-state index contributed by atoms with van der Waals surface area (Å²) < 4.78 is 39.4. The van der Waals surface area contributed by atoms with Crippen molar-refractivity contribution < 1.29 is 13.2 Å². The van der Waals surface area contributed by atoms with Crippen LogP contribution in [0.1, 0.15) is 5.56 Å². The van der Waals surface area contributed by atoms with Crippen molar-refractivity contribution in [3.8, 4) is 5.69 Å². The molecule has 96 valence electrons. The van der Waals surface area contributed by atoms with E-state index < -0.39 is 11.7 Å². The molecule has 0 spiro atoms. The van der Waals surface area contributed by atoms with Crippen molar-refractivity contribution in [2.45, 2.75) is 6.18 Å². The highest BCUT2D eigenvalue weighted by molar-refractivity contribution is 5.79. The van der Waals surface area contributed by atoms with Crippen LogP contribution in [0.15, 0.2) is 54.7 Å². The maximum absolute atomic E-state index is 12.6. The lowest BCUT2D eigenvalue weighted by Gasteiger charge is -2.04. The molecular weight excluding hydrogens is 253 g/mol. The summed E-state index contributed by atoms with van der Waals surface area (Å²) >= 11 is 0. The van der Waals surface area contributed by atoms with Gasteiger partial charge in [-0.25, -0.2) is 4.68 Å². The molecule has 3 rings (SSSR count). The van der Waals surface area contributed by atoms with Gasteiger partial charge in [0.05, 0.1) is 16.8 Å². The molecule has 0 radical (unpaired) electrons. The number of nitrogens with zero attached hydrogens (tertiary/aromatic N) is 2. The van der Waals surface area contributed by atoms with Crippen molar-refractivity contribution in [3.63, 3.8) is 0 Å². The molecule has 1 aromatic heterocycles. The molecule has 3 aromatic rings. The zero-order valence-electron chi connectivity index (χ0n) is 9.72. The Bertz CT molecular complexity index is 714. The molecule has 0 fully saturated rings. The molecule has 1 heterocycles. The highest BCUT2D eigenvalue weighted by Crippen LogP contribution is 2.31. The minimum absolute atomic E-state index is 0.471. The van der Waals surface area contributed by atoms with E-state index >= 15 is 0 Å². The molecule has 5 heteroatoms. The average molecular weight is 262 g/mol. The normalized spacial score (nSPS) is 11.9. The second kappa shape index (κ2) is 4.12. The summed E-state index contributed by atoms with van der Waals surface area (Å²) in [7, 11) is 0. The molecule has 0 atom stereocenters. The van der Waals surface area contributed by atoms with Gasteiger partial charge in [-0.3, -0.25) is 0 Å². The molecule has 0 aliphatic rings. The molecule has 2 aromatic carbocycles. The number of hydrogen-bond donors (Lipinski definition) is 0. The molecule has 2 nitrogen and oxygen atoms in total. The summed E-state index contributed by atoms with van der Waals surface area (Å²) in [6.07, 6.45) is -2.73. The Hall–Kier alpha value is -2.30. The number of fused-ring (bicyclic) bond motifs is 1. The number of benzene rings is 2. The van der Waals surface area contributed by atoms with Gasteiger partial charge in [-0.1, -0.05) is 18.2 Å². The van der Waals surface area contributed by atoms with E-state index in [-0.39, 0.29) is 0 Å². The third kappa shape index (κ3) is 2.19. The van der Waals surface area contributed by atoms with Crippen molar-refractivity contribution in [2.24, 2.45) is 0 Å². The lowest BCUT2D eigenvalue weighted by Crippen LogP contribution is -2.03. The van der Waals surface area contributed by atoms with Crippen LogP contribution in [0.4, 0.5) is 13.2 Å². The molecule has 0 saturated carbocycles. The van der Waals surface area contributed by atoms with Crippen LogP contribution in [0.5, 0.6) is 0 Å². The Kier molecular flexibility index (Phi) is 2.55. The standard InChI is InChI=1S/C14H9F3N2/c15-14(16,17)11-6-7-13-10(8-11)9-19(18-13)12-4-2-1-3-5-12/h1-9H. The maximum Gasteiger partial charge on any atom is 0.416 e. The van der Waals surface area contributed by atoms with Gasteiger partial charge in [0.25, 0.3) is 0 Å². The Morgan fingerprint density at radius 2 is 1.68 bits per heavy atom. The molecule has 0 N–H and O–H groups in total. The van der Waals surface area contributed by atoms with Crippen LogP contribution >= 0.6 is 0 Å². The number of alkyl halides is 3. The predicted molar refractivity (Wildman–Crippen MR) is 66.1 cm³/mol. The van der Waals surface area contributed by atoms with E-state index in [2.05, 4.69) is 5.10 Å². The highest BCUT2D eigenvalue weighted by atomic mass is 19.4. The summed E-state index contributed by atoms with van der Waals surface area (Å²) in [6.45, 7) is 0. The van der Waals surface area contributed by atoms with E-state index in [4.69, 9.17) is 0 Å². The van der Waals surface area contributed by atoms with Gasteiger partial charge in [0.15, 0.2) is 0 Å². The lowest BCUT2D eigenvalue weighted by molar-refractivity contribution is -0.137. The molecule has 0 unspecified atom stereocenters. The van der Waals surface area contributed by atoms with Crippen LogP contribution in [0, 0.1) is 0 Å². The summed E-state index contributed by atoms with van der Waals surface area (Å²) in [5.41, 5.74) is 0.691. The molecule has 0 aliphatic carbocycles. The summed E-state index contributed by atoms with van der Waals surface area (Å²) in [5.74, 6) is 0. The van der Waals surface area contributed by atoms with Gasteiger partial charge in [-0.05, 0) is 30.3 Å². The Morgan fingerprint density at radius 1 is 0.947 bits per heavy atom. The van der Waals surface area contributed by atoms with Gasteiger partial charge in [0.2, 0.25) is 0 Å². The first-order chi connectivity index (χ1) is 9.04. The van der Waals surface area contributed by atoms with Crippen LogP contribution in [-0.2, 0) is 6.18 Å². The third-order valence-corrected chi connectivity index (χ3v) is 2.85. The third-order valence-electron chi connectivity index (χ3n) is 2.85. The van der Waals surface area contributed by atoms with Crippen molar-refractivity contribution in [1.29, 1.82) is 0 Å². The molecule has 0 amide bonds. The van der Waals surface area contributed by atoms with E-state index in [0.29, 0.717) is 10.9 Å². The van der Waals surface area contributed by atoms with Crippen LogP contribution < -0.4 is 0 Å². The second-order valence-corrected chi connectivity index (χ2v) is 4.18. The minimum atomic E-state index is -4.33. The van der Waals surface area contributed by atoms with Gasteiger partial charge in [-0.15, -0.1) is 0 Å². The van der Waals surface area contributed by atoms with E-state index in [1.165, 1.54) is 6.07 Å². The van der Waals surface area contributed by atoms with E-state index in [1.807, 2.05) is 30.3 Å². The first kappa shape index (κ1) is 11.8. The number of hydrogen-bond acceptors (Lipinski definition) is 1. The molecule has 0 saturated heterocycles. The Labute approximate surface area is 107 Å². The smallest absolute Gasteiger partial charge is 0.240 e. The summed E-state index contributed by atoms with van der Waals surface area (Å²) in [6, 6.07) is 12.8. The highest BCUT2D eigenvalue weighted by Gasteiger charge is 2.30. The first-order valence-electron chi connectivity index (χ1n) is 5.66. The van der Waals surface area contributed by atoms with E-state index in [1.54, 1.807) is 10.9 Å². The van der Waals surface area contributed by atoms with Gasteiger partial charge in [0, 0.05) is 11.6 Å². The van der Waals surface area contributed by atoms with E-state index in [9.17, 15) is 13.2 Å². The zero-order valence-corrected chi connectivity index (χ0v) is 9.72. The second-order valence-electron chi connectivity index (χ2n) is 4.18. The van der Waals surface area contributed by atoms with Crippen molar-refractivity contribution in [2.75, 3.05) is 0 Å². The Balaban J connectivity index is 2.12. The first-order valence-corrected chi connectivity index (χ1v) is 5.66. The van der Waals surface area contributed by atoms with Gasteiger partial charge in [-0.2, -0.15) is 18.3 Å². The monoisotopic (exact) mass is 262 g/mol. The summed E-state index contributed by atoms with van der Waals surface area (Å²) in [5, 5.41) is 4.73. The molecular formula is C14H9F3N2. The number of halogens is 3. The topological polar surface area (TPSA) is 17.8 Å². The largest absolute Gasteiger partial charge is 0.416 e. The molecule has 0 bridgehead atoms. The summed E-state index contributed by atoms with van der Waals surface area (Å²) in [4.78, 5) is 0. The predicted octanol–water partition coefficient (Wildman–Crippen LogP) is 4.04. The fourth-order valence-corrected chi connectivity index (χ4v) is 1.91. The van der Waals surface area contributed by atoms with Crippen molar-refractivity contribution >= 4 is 10.9 Å². The van der Waals surface area contributed by atoms with Crippen LogP contribution in [0.25, 0.3) is 16.6 Å². The van der Waals surface area contributed by atoms with Crippen LogP contribution in [0.3, 0.4) is 0 Å². The van der Waals surface area contributed by atoms with Gasteiger partial charge in [0.1, 0.15) is 0 Å². The van der Waals surface area contributed by atoms with Gasteiger partial charge >= 0.3 is 6.18 Å². The lowest BCUT2D eigenvalue weighted by atomic mass is 10.1. The van der Waals surface area contributed by atoms with Crippen molar-refractivity contribution in [1.82, 2.24) is 9.78 Å². The SMILES string of the molecule is FC(F)(F)c1ccc2nn(-c3ccccc3)cc2c1. The number of para-hydroxylation sites is 1. The quantitative estimate of drug-likeness (QED) is 0.647. The number of aromatic nitrogens is 2. The number of rotatable bonds is 1. The molecule has 19 heavy (non-hydrogen) atoms. The van der Waals surface area contributed by atoms with Crippen molar-refractivity contribution in [3.05, 3.63) is 60.3 Å².